The lowest BCUT2D eigenvalue weighted by molar-refractivity contribution is -0.130. The third kappa shape index (κ3) is 1.16. The maximum atomic E-state index is 11.8. The van der Waals surface area contributed by atoms with Crippen LogP contribution in [0.1, 0.15) is 16.7 Å². The highest BCUT2D eigenvalue weighted by molar-refractivity contribution is 6.04. The normalized spacial score (nSPS) is 26.8. The van der Waals surface area contributed by atoms with Crippen molar-refractivity contribution in [3.8, 4) is 0 Å². The summed E-state index contributed by atoms with van der Waals surface area (Å²) < 4.78 is 5.37. The second-order valence-electron chi connectivity index (χ2n) is 4.51. The second-order valence-corrected chi connectivity index (χ2v) is 4.51. The first kappa shape index (κ1) is 9.39. The van der Waals surface area contributed by atoms with Gasteiger partial charge in [-0.25, -0.2) is 0 Å². The van der Waals surface area contributed by atoms with E-state index in [0.717, 1.165) is 11.1 Å². The van der Waals surface area contributed by atoms with Crippen molar-refractivity contribution < 1.29 is 9.53 Å². The molecule has 4 heteroatoms. The molecule has 82 valence electrons. The molecule has 1 atom stereocenters. The molecule has 1 heterocycles. The molecule has 0 aromatic heterocycles. The van der Waals surface area contributed by atoms with Crippen molar-refractivity contribution in [2.75, 3.05) is 0 Å². The molecule has 2 aliphatic rings. The van der Waals surface area contributed by atoms with Crippen LogP contribution >= 0.6 is 0 Å². The number of amidine groups is 1. The van der Waals surface area contributed by atoms with Crippen LogP contribution in [-0.2, 0) is 22.4 Å². The van der Waals surface area contributed by atoms with Gasteiger partial charge >= 0.3 is 0 Å². The Balaban J connectivity index is 2.01. The molecule has 1 aromatic carbocycles. The maximum Gasteiger partial charge on any atom is 0.289 e. The third-order valence-corrected chi connectivity index (χ3v) is 3.25. The standard InChI is InChI=1S/C12H12N2O2/c1-7-2-3-8-5-12(6-9(8)4-7)10(15)14-11(13)16-12/h2-4H,5-6H2,1H3,(H2,13,14,15). The van der Waals surface area contributed by atoms with E-state index in [0.29, 0.717) is 12.8 Å². The van der Waals surface area contributed by atoms with Crippen molar-refractivity contribution in [3.63, 3.8) is 0 Å². The van der Waals surface area contributed by atoms with Gasteiger partial charge in [-0.15, -0.1) is 0 Å². The molecule has 1 aliphatic heterocycles. The Bertz CT molecular complexity index is 510. The number of nitrogens with one attached hydrogen (secondary N) is 2. The smallest absolute Gasteiger partial charge is 0.289 e. The van der Waals surface area contributed by atoms with Gasteiger partial charge in [0.15, 0.2) is 5.60 Å². The minimum absolute atomic E-state index is 0.130. The monoisotopic (exact) mass is 216 g/mol. The van der Waals surface area contributed by atoms with Gasteiger partial charge in [-0.1, -0.05) is 23.8 Å². The van der Waals surface area contributed by atoms with Gasteiger partial charge in [-0.2, -0.15) is 0 Å². The first-order valence-electron chi connectivity index (χ1n) is 5.26. The van der Waals surface area contributed by atoms with Gasteiger partial charge in [0.05, 0.1) is 0 Å². The first-order chi connectivity index (χ1) is 7.59. The first-order valence-corrected chi connectivity index (χ1v) is 5.26. The lowest BCUT2D eigenvalue weighted by atomic mass is 10.0. The van der Waals surface area contributed by atoms with Crippen LogP contribution in [0.5, 0.6) is 0 Å². The zero-order chi connectivity index (χ0) is 11.3. The number of ether oxygens (including phenoxy) is 1. The van der Waals surface area contributed by atoms with Crippen LogP contribution in [-0.4, -0.2) is 17.5 Å². The minimum atomic E-state index is -0.854. The number of hydrogen-bond acceptors (Lipinski definition) is 3. The molecule has 1 aromatic rings. The van der Waals surface area contributed by atoms with Crippen molar-refractivity contribution in [1.29, 1.82) is 5.41 Å². The Hall–Kier alpha value is -1.84. The summed E-state index contributed by atoms with van der Waals surface area (Å²) in [5.74, 6) is -0.189. The van der Waals surface area contributed by atoms with Crippen LogP contribution < -0.4 is 5.32 Å². The van der Waals surface area contributed by atoms with E-state index in [1.54, 1.807) is 0 Å². The summed E-state index contributed by atoms with van der Waals surface area (Å²) in [6.07, 6.45) is 1.13. The number of fused-ring (bicyclic) bond motifs is 1. The average molecular weight is 216 g/mol. The molecule has 2 N–H and O–H groups in total. The predicted octanol–water partition coefficient (Wildman–Crippen LogP) is 0.914. The van der Waals surface area contributed by atoms with E-state index >= 15 is 0 Å². The highest BCUT2D eigenvalue weighted by Crippen LogP contribution is 2.35. The Kier molecular flexibility index (Phi) is 1.67. The summed E-state index contributed by atoms with van der Waals surface area (Å²) in [6.45, 7) is 2.03. The summed E-state index contributed by atoms with van der Waals surface area (Å²) in [6, 6.07) is 6.03. The summed E-state index contributed by atoms with van der Waals surface area (Å²) in [4.78, 5) is 11.8. The average Bonchev–Trinajstić information content (AvgIpc) is 2.67. The highest BCUT2D eigenvalue weighted by Gasteiger charge is 2.51. The number of hydrogen-bond donors (Lipinski definition) is 2. The van der Waals surface area contributed by atoms with Crippen LogP contribution in [0, 0.1) is 12.3 Å². The van der Waals surface area contributed by atoms with E-state index < -0.39 is 5.60 Å². The van der Waals surface area contributed by atoms with Crippen LogP contribution in [0.2, 0.25) is 0 Å². The minimum Gasteiger partial charge on any atom is -0.448 e. The van der Waals surface area contributed by atoms with Crippen LogP contribution in [0.4, 0.5) is 0 Å². The van der Waals surface area contributed by atoms with Crippen molar-refractivity contribution in [3.05, 3.63) is 34.9 Å². The van der Waals surface area contributed by atoms with Crippen molar-refractivity contribution in [2.24, 2.45) is 0 Å². The molecular weight excluding hydrogens is 204 g/mol. The Morgan fingerprint density at radius 1 is 1.38 bits per heavy atom. The molecule has 1 fully saturated rings. The van der Waals surface area contributed by atoms with Gasteiger partial charge in [0.1, 0.15) is 0 Å². The Labute approximate surface area is 93.1 Å². The van der Waals surface area contributed by atoms with E-state index in [4.69, 9.17) is 10.1 Å². The van der Waals surface area contributed by atoms with Gasteiger partial charge in [0, 0.05) is 12.8 Å². The largest absolute Gasteiger partial charge is 0.448 e. The fourth-order valence-electron chi connectivity index (χ4n) is 2.49. The molecular formula is C12H12N2O2. The molecule has 16 heavy (non-hydrogen) atoms. The van der Waals surface area contributed by atoms with Crippen LogP contribution in [0.15, 0.2) is 18.2 Å². The van der Waals surface area contributed by atoms with Gasteiger partial charge in [0.25, 0.3) is 11.9 Å². The van der Waals surface area contributed by atoms with Crippen molar-refractivity contribution in [2.45, 2.75) is 25.4 Å². The van der Waals surface area contributed by atoms with E-state index in [1.807, 2.05) is 19.1 Å². The third-order valence-electron chi connectivity index (χ3n) is 3.25. The number of benzene rings is 1. The number of aryl methyl sites for hydroxylation is 1. The lowest BCUT2D eigenvalue weighted by Crippen LogP contribution is -2.39. The zero-order valence-corrected chi connectivity index (χ0v) is 8.96. The molecule has 1 saturated heterocycles. The predicted molar refractivity (Wildman–Crippen MR) is 58.3 cm³/mol. The SMILES string of the molecule is Cc1ccc2c(c1)CC1(C2)OC(=N)NC1=O. The molecule has 4 nitrogen and oxygen atoms in total. The van der Waals surface area contributed by atoms with Gasteiger partial charge in [0.2, 0.25) is 0 Å². The van der Waals surface area contributed by atoms with Crippen molar-refractivity contribution >= 4 is 11.9 Å². The second kappa shape index (κ2) is 2.84. The fraction of sp³-hybridized carbons (Fsp3) is 0.333. The van der Waals surface area contributed by atoms with E-state index in [2.05, 4.69) is 11.4 Å². The summed E-state index contributed by atoms with van der Waals surface area (Å²) in [5, 5.41) is 9.79. The molecule has 1 aliphatic carbocycles. The van der Waals surface area contributed by atoms with Gasteiger partial charge in [-0.3, -0.25) is 15.5 Å². The van der Waals surface area contributed by atoms with Crippen LogP contribution in [0.25, 0.3) is 0 Å². The Morgan fingerprint density at radius 3 is 2.81 bits per heavy atom. The number of rotatable bonds is 0. The fourth-order valence-corrected chi connectivity index (χ4v) is 2.49. The molecule has 3 rings (SSSR count). The molecule has 0 saturated carbocycles. The van der Waals surface area contributed by atoms with E-state index in [-0.39, 0.29) is 11.9 Å². The topological polar surface area (TPSA) is 62.2 Å². The van der Waals surface area contributed by atoms with Crippen molar-refractivity contribution in [1.82, 2.24) is 5.32 Å². The van der Waals surface area contributed by atoms with E-state index in [9.17, 15) is 4.79 Å². The zero-order valence-electron chi connectivity index (χ0n) is 8.96. The molecule has 0 radical (unpaired) electrons. The Morgan fingerprint density at radius 2 is 2.12 bits per heavy atom. The number of carbonyl (C=O) groups excluding carboxylic acids is 1. The molecule has 1 spiro atoms. The van der Waals surface area contributed by atoms with Gasteiger partial charge < -0.3 is 4.74 Å². The van der Waals surface area contributed by atoms with Crippen LogP contribution in [0.3, 0.4) is 0 Å². The summed E-state index contributed by atoms with van der Waals surface area (Å²) in [7, 11) is 0. The van der Waals surface area contributed by atoms with E-state index in [1.165, 1.54) is 5.56 Å². The number of amides is 1. The molecule has 1 amide bonds. The summed E-state index contributed by atoms with van der Waals surface area (Å²) >= 11 is 0. The summed E-state index contributed by atoms with van der Waals surface area (Å²) in [5.41, 5.74) is 2.64. The number of carbonyl (C=O) groups is 1. The highest BCUT2D eigenvalue weighted by atomic mass is 16.5. The molecule has 1 unspecified atom stereocenters. The lowest BCUT2D eigenvalue weighted by Gasteiger charge is -2.17. The maximum absolute atomic E-state index is 11.8. The van der Waals surface area contributed by atoms with Gasteiger partial charge in [-0.05, 0) is 18.1 Å². The molecule has 0 bridgehead atoms. The quantitative estimate of drug-likeness (QED) is 0.677.